The van der Waals surface area contributed by atoms with Crippen LogP contribution in [0, 0.1) is 20.8 Å². The Bertz CT molecular complexity index is 498. The van der Waals surface area contributed by atoms with Crippen LogP contribution in [0.15, 0.2) is 24.3 Å². The summed E-state index contributed by atoms with van der Waals surface area (Å²) < 4.78 is 0. The molecule has 0 spiro atoms. The van der Waals surface area contributed by atoms with E-state index >= 15 is 0 Å². The Morgan fingerprint density at radius 1 is 0.929 bits per heavy atom. The Morgan fingerprint density at radius 3 is 2.36 bits per heavy atom. The number of fused-ring (bicyclic) bond motifs is 1. The maximum absolute atomic E-state index is 9.67. The number of aromatic hydroxyl groups is 1. The maximum Gasteiger partial charge on any atom is 0.119 e. The summed E-state index contributed by atoms with van der Waals surface area (Å²) in [5, 5.41) is 12.1. The zero-order valence-corrected chi connectivity index (χ0v) is 8.76. The van der Waals surface area contributed by atoms with Crippen molar-refractivity contribution in [3.05, 3.63) is 41.0 Å². The molecule has 1 nitrogen and oxygen atoms in total. The standard InChI is InChI=1S/C13H14O/c1-8-4-5-11-10(3)13(14)7-9(2)12(11)6-8/h4-7,14H,1-3H3. The van der Waals surface area contributed by atoms with E-state index in [2.05, 4.69) is 25.1 Å². The lowest BCUT2D eigenvalue weighted by Gasteiger charge is -2.08. The average Bonchev–Trinajstić information content (AvgIpc) is 2.14. The van der Waals surface area contributed by atoms with Gasteiger partial charge in [-0.05, 0) is 48.7 Å². The van der Waals surface area contributed by atoms with Crippen LogP contribution in [0.3, 0.4) is 0 Å². The fourth-order valence-electron chi connectivity index (χ4n) is 1.84. The van der Waals surface area contributed by atoms with Crippen LogP contribution in [0.4, 0.5) is 0 Å². The van der Waals surface area contributed by atoms with Gasteiger partial charge in [-0.15, -0.1) is 0 Å². The Labute approximate surface area is 84.0 Å². The molecule has 0 saturated heterocycles. The van der Waals surface area contributed by atoms with Crippen molar-refractivity contribution in [2.45, 2.75) is 20.8 Å². The fraction of sp³-hybridized carbons (Fsp3) is 0.231. The van der Waals surface area contributed by atoms with Crippen LogP contribution in [-0.2, 0) is 0 Å². The second kappa shape index (κ2) is 3.02. The molecular formula is C13H14O. The summed E-state index contributed by atoms with van der Waals surface area (Å²) >= 11 is 0. The van der Waals surface area contributed by atoms with E-state index in [4.69, 9.17) is 0 Å². The Balaban J connectivity index is 2.94. The molecule has 0 amide bonds. The van der Waals surface area contributed by atoms with Crippen LogP contribution in [-0.4, -0.2) is 5.11 Å². The molecule has 1 heteroatoms. The third kappa shape index (κ3) is 1.25. The van der Waals surface area contributed by atoms with Crippen molar-refractivity contribution >= 4 is 10.8 Å². The molecule has 0 saturated carbocycles. The van der Waals surface area contributed by atoms with Gasteiger partial charge in [0, 0.05) is 0 Å². The van der Waals surface area contributed by atoms with Gasteiger partial charge in [-0.25, -0.2) is 0 Å². The van der Waals surface area contributed by atoms with Gasteiger partial charge >= 0.3 is 0 Å². The zero-order chi connectivity index (χ0) is 10.3. The fourth-order valence-corrected chi connectivity index (χ4v) is 1.84. The molecule has 0 heterocycles. The van der Waals surface area contributed by atoms with Gasteiger partial charge in [-0.3, -0.25) is 0 Å². The summed E-state index contributed by atoms with van der Waals surface area (Å²) in [7, 11) is 0. The van der Waals surface area contributed by atoms with Crippen LogP contribution in [0.5, 0.6) is 5.75 Å². The third-order valence-electron chi connectivity index (χ3n) is 2.74. The molecular weight excluding hydrogens is 172 g/mol. The molecule has 0 bridgehead atoms. The van der Waals surface area contributed by atoms with Crippen LogP contribution in [0.1, 0.15) is 16.7 Å². The molecule has 0 atom stereocenters. The van der Waals surface area contributed by atoms with Crippen molar-refractivity contribution in [3.63, 3.8) is 0 Å². The minimum Gasteiger partial charge on any atom is -0.508 e. The quantitative estimate of drug-likeness (QED) is 0.668. The molecule has 0 aliphatic heterocycles. The molecule has 0 radical (unpaired) electrons. The molecule has 2 aromatic carbocycles. The summed E-state index contributed by atoms with van der Waals surface area (Å²) in [6.07, 6.45) is 0. The second-order valence-electron chi connectivity index (χ2n) is 3.89. The molecule has 14 heavy (non-hydrogen) atoms. The SMILES string of the molecule is Cc1ccc2c(C)c(O)cc(C)c2c1. The second-order valence-corrected chi connectivity index (χ2v) is 3.89. The van der Waals surface area contributed by atoms with Crippen molar-refractivity contribution in [2.24, 2.45) is 0 Å². The molecule has 2 aromatic rings. The highest BCUT2D eigenvalue weighted by atomic mass is 16.3. The van der Waals surface area contributed by atoms with E-state index in [1.54, 1.807) is 0 Å². The number of aryl methyl sites for hydroxylation is 3. The summed E-state index contributed by atoms with van der Waals surface area (Å²) in [5.41, 5.74) is 3.35. The van der Waals surface area contributed by atoms with Crippen molar-refractivity contribution in [3.8, 4) is 5.75 Å². The van der Waals surface area contributed by atoms with Gasteiger partial charge in [0.2, 0.25) is 0 Å². The van der Waals surface area contributed by atoms with Crippen molar-refractivity contribution in [1.29, 1.82) is 0 Å². The Morgan fingerprint density at radius 2 is 1.64 bits per heavy atom. The normalized spacial score (nSPS) is 10.8. The van der Waals surface area contributed by atoms with Gasteiger partial charge in [0.15, 0.2) is 0 Å². The monoisotopic (exact) mass is 186 g/mol. The molecule has 0 fully saturated rings. The first kappa shape index (κ1) is 9.07. The molecule has 0 aromatic heterocycles. The van der Waals surface area contributed by atoms with Gasteiger partial charge in [0.1, 0.15) is 5.75 Å². The lowest BCUT2D eigenvalue weighted by atomic mass is 9.98. The van der Waals surface area contributed by atoms with Gasteiger partial charge in [0.25, 0.3) is 0 Å². The zero-order valence-electron chi connectivity index (χ0n) is 8.76. The Hall–Kier alpha value is -1.50. The van der Waals surface area contributed by atoms with Crippen LogP contribution < -0.4 is 0 Å². The van der Waals surface area contributed by atoms with E-state index in [0.717, 1.165) is 16.5 Å². The highest BCUT2D eigenvalue weighted by Gasteiger charge is 2.05. The van der Waals surface area contributed by atoms with Crippen LogP contribution in [0.2, 0.25) is 0 Å². The molecule has 72 valence electrons. The average molecular weight is 186 g/mol. The van der Waals surface area contributed by atoms with Crippen LogP contribution in [0.25, 0.3) is 10.8 Å². The minimum atomic E-state index is 0.388. The number of benzene rings is 2. The summed E-state index contributed by atoms with van der Waals surface area (Å²) in [4.78, 5) is 0. The summed E-state index contributed by atoms with van der Waals surface area (Å²) in [6.45, 7) is 6.06. The maximum atomic E-state index is 9.67. The minimum absolute atomic E-state index is 0.388. The van der Waals surface area contributed by atoms with Gasteiger partial charge in [-0.2, -0.15) is 0 Å². The van der Waals surface area contributed by atoms with Gasteiger partial charge in [-0.1, -0.05) is 23.8 Å². The first-order valence-corrected chi connectivity index (χ1v) is 4.79. The van der Waals surface area contributed by atoms with Crippen molar-refractivity contribution in [2.75, 3.05) is 0 Å². The first-order chi connectivity index (χ1) is 6.59. The van der Waals surface area contributed by atoms with E-state index in [9.17, 15) is 5.11 Å². The topological polar surface area (TPSA) is 20.2 Å². The number of hydrogen-bond acceptors (Lipinski definition) is 1. The van der Waals surface area contributed by atoms with E-state index in [-0.39, 0.29) is 0 Å². The smallest absolute Gasteiger partial charge is 0.119 e. The highest BCUT2D eigenvalue weighted by molar-refractivity contribution is 5.90. The largest absolute Gasteiger partial charge is 0.508 e. The lowest BCUT2D eigenvalue weighted by Crippen LogP contribution is -1.85. The highest BCUT2D eigenvalue weighted by Crippen LogP contribution is 2.29. The van der Waals surface area contributed by atoms with Crippen molar-refractivity contribution < 1.29 is 5.11 Å². The Kier molecular flexibility index (Phi) is 1.95. The summed E-state index contributed by atoms with van der Waals surface area (Å²) in [5.74, 6) is 0.388. The summed E-state index contributed by atoms with van der Waals surface area (Å²) in [6, 6.07) is 8.15. The third-order valence-corrected chi connectivity index (χ3v) is 2.74. The predicted octanol–water partition coefficient (Wildman–Crippen LogP) is 3.47. The predicted molar refractivity (Wildman–Crippen MR) is 59.8 cm³/mol. The van der Waals surface area contributed by atoms with Crippen LogP contribution >= 0.6 is 0 Å². The van der Waals surface area contributed by atoms with Gasteiger partial charge in [0.05, 0.1) is 0 Å². The van der Waals surface area contributed by atoms with E-state index in [0.29, 0.717) is 5.75 Å². The van der Waals surface area contributed by atoms with Crippen molar-refractivity contribution in [1.82, 2.24) is 0 Å². The first-order valence-electron chi connectivity index (χ1n) is 4.79. The number of hydrogen-bond donors (Lipinski definition) is 1. The molecule has 2 rings (SSSR count). The lowest BCUT2D eigenvalue weighted by molar-refractivity contribution is 0.472. The van der Waals surface area contributed by atoms with E-state index in [1.165, 1.54) is 10.9 Å². The van der Waals surface area contributed by atoms with E-state index in [1.807, 2.05) is 19.9 Å². The molecule has 0 aliphatic carbocycles. The number of rotatable bonds is 0. The van der Waals surface area contributed by atoms with Gasteiger partial charge < -0.3 is 5.11 Å². The molecule has 1 N–H and O–H groups in total. The number of phenols is 1. The molecule has 0 unspecified atom stereocenters. The van der Waals surface area contributed by atoms with E-state index < -0.39 is 0 Å². The number of phenolic OH excluding ortho intramolecular Hbond substituents is 1. The molecule has 0 aliphatic rings.